The molecular formula is C20H30. The molecule has 0 aromatic rings. The molecule has 0 spiro atoms. The first-order chi connectivity index (χ1) is 9.41. The minimum Gasteiger partial charge on any atom is -0.0826 e. The minimum absolute atomic E-state index is 0.225. The van der Waals surface area contributed by atoms with Crippen LogP contribution < -0.4 is 0 Å². The van der Waals surface area contributed by atoms with Crippen molar-refractivity contribution in [2.45, 2.75) is 79.1 Å². The Hall–Kier alpha value is -0.880. The van der Waals surface area contributed by atoms with Gasteiger partial charge in [-0.3, -0.25) is 0 Å². The molecular weight excluding hydrogens is 240 g/mol. The molecule has 2 saturated carbocycles. The number of hydrogen-bond acceptors (Lipinski definition) is 0. The fourth-order valence-corrected chi connectivity index (χ4v) is 3.41. The van der Waals surface area contributed by atoms with Gasteiger partial charge in [0.2, 0.25) is 0 Å². The summed E-state index contributed by atoms with van der Waals surface area (Å²) >= 11 is 0. The molecule has 0 unspecified atom stereocenters. The van der Waals surface area contributed by atoms with Gasteiger partial charge in [0.05, 0.1) is 0 Å². The van der Waals surface area contributed by atoms with E-state index in [2.05, 4.69) is 51.4 Å². The van der Waals surface area contributed by atoms with E-state index in [1.54, 1.807) is 0 Å². The van der Waals surface area contributed by atoms with Gasteiger partial charge in [0.15, 0.2) is 0 Å². The lowest BCUT2D eigenvalue weighted by atomic mass is 9.72. The van der Waals surface area contributed by atoms with E-state index in [-0.39, 0.29) is 10.8 Å². The molecule has 0 N–H and O–H groups in total. The summed E-state index contributed by atoms with van der Waals surface area (Å²) in [5.41, 5.74) is 0.451. The normalized spacial score (nSPS) is 41.0. The summed E-state index contributed by atoms with van der Waals surface area (Å²) in [5.74, 6) is 15.1. The Balaban J connectivity index is 1.93. The maximum absolute atomic E-state index is 3.46. The van der Waals surface area contributed by atoms with Gasteiger partial charge < -0.3 is 0 Å². The summed E-state index contributed by atoms with van der Waals surface area (Å²) in [6.07, 6.45) is 10.3. The monoisotopic (exact) mass is 270 g/mol. The van der Waals surface area contributed by atoms with Gasteiger partial charge in [0.1, 0.15) is 0 Å². The van der Waals surface area contributed by atoms with Crippen molar-refractivity contribution in [3.8, 4) is 23.7 Å². The molecule has 2 aliphatic carbocycles. The second kappa shape index (κ2) is 6.26. The van der Waals surface area contributed by atoms with Gasteiger partial charge >= 0.3 is 0 Å². The predicted molar refractivity (Wildman–Crippen MR) is 87.0 cm³/mol. The average molecular weight is 270 g/mol. The molecule has 2 fully saturated rings. The third-order valence-electron chi connectivity index (χ3n) is 5.55. The molecule has 0 nitrogen and oxygen atoms in total. The van der Waals surface area contributed by atoms with Crippen molar-refractivity contribution in [1.82, 2.24) is 0 Å². The fraction of sp³-hybridized carbons (Fsp3) is 0.800. The van der Waals surface area contributed by atoms with Crippen molar-refractivity contribution in [1.29, 1.82) is 0 Å². The van der Waals surface area contributed by atoms with E-state index >= 15 is 0 Å². The van der Waals surface area contributed by atoms with Gasteiger partial charge in [-0.05, 0) is 88.9 Å². The second-order valence-corrected chi connectivity index (χ2v) is 7.99. The van der Waals surface area contributed by atoms with E-state index in [4.69, 9.17) is 0 Å². The SMILES string of the molecule is CC1CCC(C)(C#CC#CC2(C)CCC(C)CC2)CC1. The summed E-state index contributed by atoms with van der Waals surface area (Å²) in [6.45, 7) is 9.35. The van der Waals surface area contributed by atoms with Gasteiger partial charge in [0.25, 0.3) is 0 Å². The molecule has 0 bridgehead atoms. The van der Waals surface area contributed by atoms with Crippen LogP contribution >= 0.6 is 0 Å². The predicted octanol–water partition coefficient (Wildman–Crippen LogP) is 5.43. The van der Waals surface area contributed by atoms with E-state index in [9.17, 15) is 0 Å². The molecule has 0 aromatic carbocycles. The van der Waals surface area contributed by atoms with Gasteiger partial charge in [-0.15, -0.1) is 0 Å². The summed E-state index contributed by atoms with van der Waals surface area (Å²) < 4.78 is 0. The van der Waals surface area contributed by atoms with E-state index in [0.717, 1.165) is 11.8 Å². The van der Waals surface area contributed by atoms with Gasteiger partial charge in [0, 0.05) is 10.8 Å². The molecule has 0 heteroatoms. The molecule has 0 heterocycles. The zero-order valence-corrected chi connectivity index (χ0v) is 13.8. The van der Waals surface area contributed by atoms with Crippen LogP contribution in [0.3, 0.4) is 0 Å². The third-order valence-corrected chi connectivity index (χ3v) is 5.55. The second-order valence-electron chi connectivity index (χ2n) is 7.99. The molecule has 0 amide bonds. The largest absolute Gasteiger partial charge is 0.0826 e. The van der Waals surface area contributed by atoms with E-state index in [0.29, 0.717) is 0 Å². The standard InChI is InChI=1S/C20H30/c1-17-7-13-19(3,14-8-17)11-5-6-12-20(4)15-9-18(2)10-16-20/h17-18H,7-10,13-16H2,1-4H3. The smallest absolute Gasteiger partial charge is 0.0297 e. The van der Waals surface area contributed by atoms with Crippen molar-refractivity contribution in [3.05, 3.63) is 0 Å². The fourth-order valence-electron chi connectivity index (χ4n) is 3.41. The number of rotatable bonds is 0. The molecule has 0 radical (unpaired) electrons. The van der Waals surface area contributed by atoms with E-state index in [1.165, 1.54) is 51.4 Å². The van der Waals surface area contributed by atoms with Gasteiger partial charge in [-0.1, -0.05) is 25.7 Å². The van der Waals surface area contributed by atoms with E-state index < -0.39 is 0 Å². The van der Waals surface area contributed by atoms with Crippen molar-refractivity contribution >= 4 is 0 Å². The Morgan fingerprint density at radius 3 is 1.25 bits per heavy atom. The Labute approximate surface area is 126 Å². The van der Waals surface area contributed by atoms with Crippen LogP contribution in [0.1, 0.15) is 79.1 Å². The lowest BCUT2D eigenvalue weighted by molar-refractivity contribution is 0.243. The summed E-state index contributed by atoms with van der Waals surface area (Å²) in [6, 6.07) is 0. The van der Waals surface area contributed by atoms with Crippen LogP contribution in [0.25, 0.3) is 0 Å². The molecule has 110 valence electrons. The lowest BCUT2D eigenvalue weighted by Gasteiger charge is -2.32. The van der Waals surface area contributed by atoms with Crippen LogP contribution in [0, 0.1) is 46.3 Å². The van der Waals surface area contributed by atoms with E-state index in [1.807, 2.05) is 0 Å². The molecule has 2 aliphatic rings. The molecule has 0 aromatic heterocycles. The van der Waals surface area contributed by atoms with Crippen LogP contribution in [0.15, 0.2) is 0 Å². The first kappa shape index (κ1) is 15.5. The molecule has 0 saturated heterocycles. The quantitative estimate of drug-likeness (QED) is 0.515. The summed E-state index contributed by atoms with van der Waals surface area (Å²) in [7, 11) is 0. The Kier molecular flexibility index (Phi) is 4.86. The van der Waals surface area contributed by atoms with Crippen LogP contribution in [-0.4, -0.2) is 0 Å². The Morgan fingerprint density at radius 1 is 0.650 bits per heavy atom. The lowest BCUT2D eigenvalue weighted by Crippen LogP contribution is -2.22. The van der Waals surface area contributed by atoms with Crippen molar-refractivity contribution in [3.63, 3.8) is 0 Å². The van der Waals surface area contributed by atoms with Crippen LogP contribution in [0.4, 0.5) is 0 Å². The van der Waals surface area contributed by atoms with Gasteiger partial charge in [-0.2, -0.15) is 0 Å². The highest BCUT2D eigenvalue weighted by Gasteiger charge is 2.28. The van der Waals surface area contributed by atoms with Crippen molar-refractivity contribution in [2.75, 3.05) is 0 Å². The van der Waals surface area contributed by atoms with Crippen LogP contribution in [0.2, 0.25) is 0 Å². The maximum atomic E-state index is 3.46. The minimum atomic E-state index is 0.225. The van der Waals surface area contributed by atoms with Crippen molar-refractivity contribution in [2.24, 2.45) is 22.7 Å². The summed E-state index contributed by atoms with van der Waals surface area (Å²) in [5, 5.41) is 0. The molecule has 2 rings (SSSR count). The highest BCUT2D eigenvalue weighted by atomic mass is 14.3. The highest BCUT2D eigenvalue weighted by Crippen LogP contribution is 2.38. The van der Waals surface area contributed by atoms with Crippen LogP contribution in [0.5, 0.6) is 0 Å². The maximum Gasteiger partial charge on any atom is 0.0297 e. The molecule has 0 atom stereocenters. The summed E-state index contributed by atoms with van der Waals surface area (Å²) in [4.78, 5) is 0. The first-order valence-electron chi connectivity index (χ1n) is 8.45. The topological polar surface area (TPSA) is 0 Å². The number of hydrogen-bond donors (Lipinski definition) is 0. The molecule has 20 heavy (non-hydrogen) atoms. The first-order valence-corrected chi connectivity index (χ1v) is 8.45. The zero-order chi connectivity index (χ0) is 14.6. The Morgan fingerprint density at radius 2 is 0.950 bits per heavy atom. The highest BCUT2D eigenvalue weighted by molar-refractivity contribution is 5.31. The average Bonchev–Trinajstić information content (AvgIpc) is 2.43. The van der Waals surface area contributed by atoms with Crippen molar-refractivity contribution < 1.29 is 0 Å². The third kappa shape index (κ3) is 4.31. The molecule has 0 aliphatic heterocycles. The van der Waals surface area contributed by atoms with Crippen LogP contribution in [-0.2, 0) is 0 Å². The Bertz CT molecular complexity index is 388. The zero-order valence-electron chi connectivity index (χ0n) is 13.8. The van der Waals surface area contributed by atoms with Gasteiger partial charge in [-0.25, -0.2) is 0 Å².